The molecule has 1 aliphatic heterocycles. The fourth-order valence-electron chi connectivity index (χ4n) is 4.64. The van der Waals surface area contributed by atoms with Crippen molar-refractivity contribution in [3.63, 3.8) is 0 Å². The molecule has 0 radical (unpaired) electrons. The summed E-state index contributed by atoms with van der Waals surface area (Å²) in [5.41, 5.74) is 1.49. The first-order chi connectivity index (χ1) is 20.5. The number of hydrogen-bond donors (Lipinski definition) is 2. The fraction of sp³-hybridized carbons (Fsp3) is 0.333. The van der Waals surface area contributed by atoms with Gasteiger partial charge >= 0.3 is 0 Å². The van der Waals surface area contributed by atoms with E-state index in [9.17, 15) is 24.1 Å². The monoisotopic (exact) mass is 612 g/mol. The third-order valence-electron chi connectivity index (χ3n) is 6.94. The molecule has 4 rings (SSSR count). The first kappa shape index (κ1) is 31.7. The van der Waals surface area contributed by atoms with Crippen LogP contribution in [0.25, 0.3) is 0 Å². The summed E-state index contributed by atoms with van der Waals surface area (Å²) in [4.78, 5) is 43.1. The highest BCUT2D eigenvalue weighted by Gasteiger charge is 2.24. The van der Waals surface area contributed by atoms with Gasteiger partial charge in [0.1, 0.15) is 5.56 Å². The van der Waals surface area contributed by atoms with Gasteiger partial charge in [0.15, 0.2) is 6.30 Å². The summed E-state index contributed by atoms with van der Waals surface area (Å²) in [6.45, 7) is 2.30. The quantitative estimate of drug-likeness (QED) is 0.171. The maximum Gasteiger partial charge on any atom is 0.282 e. The maximum atomic E-state index is 14.3. The third-order valence-corrected chi connectivity index (χ3v) is 7.27. The minimum Gasteiger partial charge on any atom is -0.375 e. The van der Waals surface area contributed by atoms with Crippen molar-refractivity contribution in [2.24, 2.45) is 0 Å². The molecule has 1 atom stereocenters. The van der Waals surface area contributed by atoms with E-state index < -0.39 is 23.0 Å². The number of nitro groups is 1. The van der Waals surface area contributed by atoms with Crippen LogP contribution in [-0.2, 0) is 4.74 Å². The van der Waals surface area contributed by atoms with Gasteiger partial charge in [-0.2, -0.15) is 0 Å². The van der Waals surface area contributed by atoms with Gasteiger partial charge in [-0.1, -0.05) is 17.7 Å². The van der Waals surface area contributed by atoms with Gasteiger partial charge in [-0.05, 0) is 75.6 Å². The van der Waals surface area contributed by atoms with E-state index in [1.807, 2.05) is 26.0 Å². The summed E-state index contributed by atoms with van der Waals surface area (Å²) >= 11 is 6.34. The molecular formula is C30H34ClFN6O5. The molecule has 13 heteroatoms. The SMILES string of the molecule is CN(C)CCCN(C)c1ccc([N+](=O)[O-])c(C(=O)Nc2cc(C(=O)Nc3cccc(N4CCOCC4F)c3)ccc2Cl)c1. The summed E-state index contributed by atoms with van der Waals surface area (Å²) in [7, 11) is 5.80. The Morgan fingerprint density at radius 1 is 1.07 bits per heavy atom. The van der Waals surface area contributed by atoms with Crippen molar-refractivity contribution in [2.75, 3.05) is 74.4 Å². The largest absolute Gasteiger partial charge is 0.375 e. The van der Waals surface area contributed by atoms with Crippen LogP contribution in [0, 0.1) is 10.1 Å². The maximum absolute atomic E-state index is 14.3. The molecule has 0 aromatic heterocycles. The third kappa shape index (κ3) is 8.19. The lowest BCUT2D eigenvalue weighted by Crippen LogP contribution is -2.42. The normalized spacial score (nSPS) is 14.8. The molecule has 1 unspecified atom stereocenters. The molecule has 3 aromatic rings. The van der Waals surface area contributed by atoms with Gasteiger partial charge in [-0.15, -0.1) is 0 Å². The zero-order chi connectivity index (χ0) is 31.1. The fourth-order valence-corrected chi connectivity index (χ4v) is 4.80. The van der Waals surface area contributed by atoms with Crippen LogP contribution in [0.2, 0.25) is 5.02 Å². The lowest BCUT2D eigenvalue weighted by Gasteiger charge is -2.32. The molecule has 3 aromatic carbocycles. The zero-order valence-corrected chi connectivity index (χ0v) is 24.9. The number of morpholine rings is 1. The van der Waals surface area contributed by atoms with Gasteiger partial charge in [0.25, 0.3) is 17.5 Å². The molecule has 0 aliphatic carbocycles. The minimum absolute atomic E-state index is 0.0310. The number of rotatable bonds is 11. The Bertz CT molecular complexity index is 1490. The van der Waals surface area contributed by atoms with E-state index in [0.29, 0.717) is 36.8 Å². The molecule has 2 N–H and O–H groups in total. The first-order valence-electron chi connectivity index (χ1n) is 13.7. The number of ether oxygens (including phenoxy) is 1. The number of hydrogen-bond acceptors (Lipinski definition) is 8. The number of benzene rings is 3. The average molecular weight is 613 g/mol. The van der Waals surface area contributed by atoms with Crippen LogP contribution in [-0.4, -0.2) is 81.9 Å². The average Bonchev–Trinajstić information content (AvgIpc) is 2.98. The molecule has 11 nitrogen and oxygen atoms in total. The zero-order valence-electron chi connectivity index (χ0n) is 24.2. The van der Waals surface area contributed by atoms with Crippen LogP contribution < -0.4 is 20.4 Å². The smallest absolute Gasteiger partial charge is 0.282 e. The predicted molar refractivity (Wildman–Crippen MR) is 166 cm³/mol. The highest BCUT2D eigenvalue weighted by molar-refractivity contribution is 6.34. The number of amides is 2. The summed E-state index contributed by atoms with van der Waals surface area (Å²) in [5.74, 6) is -1.23. The lowest BCUT2D eigenvalue weighted by atomic mass is 10.1. The van der Waals surface area contributed by atoms with Crippen molar-refractivity contribution in [1.82, 2.24) is 4.90 Å². The van der Waals surface area contributed by atoms with Gasteiger partial charge in [0.05, 0.1) is 28.8 Å². The van der Waals surface area contributed by atoms with Crippen molar-refractivity contribution in [3.05, 3.63) is 86.9 Å². The van der Waals surface area contributed by atoms with E-state index >= 15 is 0 Å². The van der Waals surface area contributed by atoms with E-state index in [0.717, 1.165) is 13.0 Å². The first-order valence-corrected chi connectivity index (χ1v) is 14.1. The van der Waals surface area contributed by atoms with Gasteiger partial charge in [-0.3, -0.25) is 19.7 Å². The topological polar surface area (TPSA) is 120 Å². The van der Waals surface area contributed by atoms with Gasteiger partial charge in [0.2, 0.25) is 0 Å². The second-order valence-electron chi connectivity index (χ2n) is 10.4. The molecule has 1 saturated heterocycles. The van der Waals surface area contributed by atoms with Gasteiger partial charge < -0.3 is 30.1 Å². The number of alkyl halides is 1. The Balaban J connectivity index is 1.51. The number of nitrogens with zero attached hydrogens (tertiary/aromatic N) is 4. The van der Waals surface area contributed by atoms with Crippen molar-refractivity contribution in [1.29, 1.82) is 0 Å². The number of halogens is 2. The van der Waals surface area contributed by atoms with Crippen molar-refractivity contribution >= 4 is 51.9 Å². The molecule has 1 aliphatic rings. The highest BCUT2D eigenvalue weighted by atomic mass is 35.5. The van der Waals surface area contributed by atoms with Gasteiger partial charge in [0, 0.05) is 48.8 Å². The Morgan fingerprint density at radius 2 is 1.86 bits per heavy atom. The number of anilines is 4. The van der Waals surface area contributed by atoms with Crippen LogP contribution >= 0.6 is 11.6 Å². The number of nitrogens with one attached hydrogen (secondary N) is 2. The number of carbonyl (C=O) groups is 2. The summed E-state index contributed by atoms with van der Waals surface area (Å²) in [6, 6.07) is 15.5. The van der Waals surface area contributed by atoms with E-state index in [1.165, 1.54) is 30.3 Å². The molecule has 2 amide bonds. The van der Waals surface area contributed by atoms with E-state index in [4.69, 9.17) is 16.3 Å². The van der Waals surface area contributed by atoms with Crippen molar-refractivity contribution in [3.8, 4) is 0 Å². The standard InChI is InChI=1S/C30H34ClFN6O5/c1-35(2)12-5-13-36(3)22-9-11-27(38(41)42)24(18-22)30(40)34-26-16-20(8-10-25(26)31)29(39)33-21-6-4-7-23(17-21)37-14-15-43-19-28(37)32/h4,6-11,16-18,28H,5,12-15,19H2,1-3H3,(H,33,39)(H,34,40). The second kappa shape index (κ2) is 14.3. The molecular weight excluding hydrogens is 579 g/mol. The minimum atomic E-state index is -1.29. The van der Waals surface area contributed by atoms with Crippen LogP contribution in [0.4, 0.5) is 32.8 Å². The van der Waals surface area contributed by atoms with E-state index in [1.54, 1.807) is 35.2 Å². The molecule has 0 spiro atoms. The molecule has 0 bridgehead atoms. The van der Waals surface area contributed by atoms with Crippen LogP contribution in [0.5, 0.6) is 0 Å². The summed E-state index contributed by atoms with van der Waals surface area (Å²) in [6.07, 6.45) is -0.428. The van der Waals surface area contributed by atoms with Crippen LogP contribution in [0.3, 0.4) is 0 Å². The Morgan fingerprint density at radius 3 is 2.58 bits per heavy atom. The van der Waals surface area contributed by atoms with Crippen LogP contribution in [0.15, 0.2) is 60.7 Å². The lowest BCUT2D eigenvalue weighted by molar-refractivity contribution is -0.385. The molecule has 0 saturated carbocycles. The Labute approximate surface area is 254 Å². The Hall–Kier alpha value is -4.26. The van der Waals surface area contributed by atoms with Crippen molar-refractivity contribution < 1.29 is 23.6 Å². The number of carbonyl (C=O) groups excluding carboxylic acids is 2. The van der Waals surface area contributed by atoms with E-state index in [2.05, 4.69) is 15.5 Å². The van der Waals surface area contributed by atoms with Crippen molar-refractivity contribution in [2.45, 2.75) is 12.7 Å². The molecule has 43 heavy (non-hydrogen) atoms. The Kier molecular flexibility index (Phi) is 10.5. The molecule has 1 heterocycles. The van der Waals surface area contributed by atoms with E-state index in [-0.39, 0.29) is 34.1 Å². The molecule has 1 fully saturated rings. The second-order valence-corrected chi connectivity index (χ2v) is 10.8. The highest BCUT2D eigenvalue weighted by Crippen LogP contribution is 2.29. The summed E-state index contributed by atoms with van der Waals surface area (Å²) < 4.78 is 19.5. The van der Waals surface area contributed by atoms with Gasteiger partial charge in [-0.25, -0.2) is 4.39 Å². The summed E-state index contributed by atoms with van der Waals surface area (Å²) in [5, 5.41) is 17.3. The van der Waals surface area contributed by atoms with Crippen LogP contribution in [0.1, 0.15) is 27.1 Å². The number of nitro benzene ring substituents is 1. The predicted octanol–water partition coefficient (Wildman–Crippen LogP) is 5.27. The molecule has 228 valence electrons.